The van der Waals surface area contributed by atoms with Gasteiger partial charge in [0.1, 0.15) is 0 Å². The van der Waals surface area contributed by atoms with Crippen LogP contribution in [-0.4, -0.2) is 14.3 Å². The largest absolute Gasteiger partial charge is 0.282 e. The lowest BCUT2D eigenvalue weighted by atomic mass is 9.97. The fourth-order valence-corrected chi connectivity index (χ4v) is 2.97. The molecule has 0 radical (unpaired) electrons. The van der Waals surface area contributed by atoms with Crippen LogP contribution in [0.25, 0.3) is 5.57 Å². The molecule has 1 aromatic rings. The molecule has 0 atom stereocenters. The van der Waals surface area contributed by atoms with Gasteiger partial charge in [-0.1, -0.05) is 13.0 Å². The zero-order valence-corrected chi connectivity index (χ0v) is 13.4. The monoisotopic (exact) mass is 293 g/mol. The minimum Gasteiger partial charge on any atom is -0.282 e. The van der Waals surface area contributed by atoms with Crippen LogP contribution in [0.4, 0.5) is 0 Å². The molecule has 0 aromatic carbocycles. The Labute approximate surface area is 125 Å². The fourth-order valence-electron chi connectivity index (χ4n) is 2.54. The molecule has 0 saturated heterocycles. The summed E-state index contributed by atoms with van der Waals surface area (Å²) in [7, 11) is 0. The molecule has 1 aliphatic rings. The standard InChI is InChI=1S/C15H23N3OS/c1-4-10-17-14(19)13(12-8-6-5-7-9-12)16-18(11(2)3)15(17)20/h8,11H,4-7,9-10H2,1-3H3. The van der Waals surface area contributed by atoms with Gasteiger partial charge in [-0.3, -0.25) is 9.36 Å². The van der Waals surface area contributed by atoms with Crippen molar-refractivity contribution in [2.45, 2.75) is 65.5 Å². The van der Waals surface area contributed by atoms with E-state index in [0.717, 1.165) is 31.3 Å². The van der Waals surface area contributed by atoms with Gasteiger partial charge in [0.2, 0.25) is 0 Å². The summed E-state index contributed by atoms with van der Waals surface area (Å²) in [5.74, 6) is 0. The molecule has 0 spiro atoms. The van der Waals surface area contributed by atoms with E-state index >= 15 is 0 Å². The molecular formula is C15H23N3OS. The fraction of sp³-hybridized carbons (Fsp3) is 0.667. The van der Waals surface area contributed by atoms with Crippen molar-refractivity contribution >= 4 is 17.8 Å². The van der Waals surface area contributed by atoms with Gasteiger partial charge in [-0.2, -0.15) is 5.10 Å². The Bertz CT molecular complexity index is 625. The third kappa shape index (κ3) is 2.92. The molecule has 0 unspecified atom stereocenters. The molecule has 0 amide bonds. The number of rotatable bonds is 4. The predicted octanol–water partition coefficient (Wildman–Crippen LogP) is 3.72. The molecule has 4 nitrogen and oxygen atoms in total. The summed E-state index contributed by atoms with van der Waals surface area (Å²) < 4.78 is 4.04. The smallest absolute Gasteiger partial charge is 0.280 e. The van der Waals surface area contributed by atoms with E-state index in [2.05, 4.69) is 18.1 Å². The van der Waals surface area contributed by atoms with Gasteiger partial charge in [-0.05, 0) is 63.7 Å². The second-order valence-corrected chi connectivity index (χ2v) is 5.97. The Morgan fingerprint density at radius 2 is 2.15 bits per heavy atom. The molecule has 0 fully saturated rings. The van der Waals surface area contributed by atoms with Crippen LogP contribution in [0, 0.1) is 4.77 Å². The number of hydrogen-bond donors (Lipinski definition) is 0. The van der Waals surface area contributed by atoms with E-state index < -0.39 is 0 Å². The van der Waals surface area contributed by atoms with Crippen LogP contribution < -0.4 is 5.56 Å². The van der Waals surface area contributed by atoms with Crippen molar-refractivity contribution in [1.29, 1.82) is 0 Å². The minimum atomic E-state index is -0.0260. The number of allylic oxidation sites excluding steroid dienone is 2. The molecule has 1 aromatic heterocycles. The maximum Gasteiger partial charge on any atom is 0.280 e. The van der Waals surface area contributed by atoms with E-state index in [1.807, 2.05) is 13.8 Å². The highest BCUT2D eigenvalue weighted by atomic mass is 32.1. The number of hydrogen-bond acceptors (Lipinski definition) is 3. The Kier molecular flexibility index (Phi) is 4.91. The van der Waals surface area contributed by atoms with Crippen LogP contribution in [-0.2, 0) is 6.54 Å². The quantitative estimate of drug-likeness (QED) is 0.794. The van der Waals surface area contributed by atoms with Gasteiger partial charge in [0.15, 0.2) is 10.5 Å². The molecule has 5 heteroatoms. The van der Waals surface area contributed by atoms with E-state index in [1.54, 1.807) is 9.25 Å². The Hall–Kier alpha value is -1.23. The average Bonchev–Trinajstić information content (AvgIpc) is 2.44. The van der Waals surface area contributed by atoms with Crippen molar-refractivity contribution in [1.82, 2.24) is 14.3 Å². The summed E-state index contributed by atoms with van der Waals surface area (Å²) in [6.07, 6.45) is 7.39. The van der Waals surface area contributed by atoms with Gasteiger partial charge in [0.05, 0.1) is 0 Å². The van der Waals surface area contributed by atoms with Gasteiger partial charge in [0, 0.05) is 12.6 Å². The van der Waals surface area contributed by atoms with E-state index in [9.17, 15) is 4.79 Å². The minimum absolute atomic E-state index is 0.0260. The highest BCUT2D eigenvalue weighted by Crippen LogP contribution is 2.23. The first kappa shape index (κ1) is 15.2. The van der Waals surface area contributed by atoms with E-state index in [0.29, 0.717) is 17.0 Å². The molecule has 1 aliphatic carbocycles. The average molecular weight is 293 g/mol. The zero-order valence-electron chi connectivity index (χ0n) is 12.6. The predicted molar refractivity (Wildman–Crippen MR) is 84.4 cm³/mol. The normalized spacial score (nSPS) is 15.5. The lowest BCUT2D eigenvalue weighted by Crippen LogP contribution is -2.31. The van der Waals surface area contributed by atoms with Crippen molar-refractivity contribution in [2.75, 3.05) is 0 Å². The van der Waals surface area contributed by atoms with Crippen LogP contribution in [0.2, 0.25) is 0 Å². The first-order valence-electron chi connectivity index (χ1n) is 7.49. The van der Waals surface area contributed by atoms with Gasteiger partial charge >= 0.3 is 0 Å². The van der Waals surface area contributed by atoms with Crippen LogP contribution in [0.15, 0.2) is 10.9 Å². The van der Waals surface area contributed by atoms with Crippen molar-refractivity contribution in [2.24, 2.45) is 0 Å². The van der Waals surface area contributed by atoms with Gasteiger partial charge in [0.25, 0.3) is 5.56 Å². The lowest BCUT2D eigenvalue weighted by Gasteiger charge is -2.18. The summed E-state index contributed by atoms with van der Waals surface area (Å²) >= 11 is 5.43. The number of nitrogens with zero attached hydrogens (tertiary/aromatic N) is 3. The van der Waals surface area contributed by atoms with E-state index in [4.69, 9.17) is 12.2 Å². The second kappa shape index (κ2) is 6.48. The first-order valence-corrected chi connectivity index (χ1v) is 7.90. The van der Waals surface area contributed by atoms with E-state index in [-0.39, 0.29) is 11.6 Å². The lowest BCUT2D eigenvalue weighted by molar-refractivity contribution is 0.456. The second-order valence-electron chi connectivity index (χ2n) is 5.60. The first-order chi connectivity index (χ1) is 9.56. The van der Waals surface area contributed by atoms with Crippen molar-refractivity contribution < 1.29 is 0 Å². The Morgan fingerprint density at radius 1 is 1.40 bits per heavy atom. The Balaban J connectivity index is 2.65. The van der Waals surface area contributed by atoms with Gasteiger partial charge in [-0.15, -0.1) is 0 Å². The molecule has 110 valence electrons. The van der Waals surface area contributed by atoms with Crippen LogP contribution in [0.3, 0.4) is 0 Å². The topological polar surface area (TPSA) is 39.8 Å². The molecule has 0 N–H and O–H groups in total. The molecule has 0 saturated carbocycles. The van der Waals surface area contributed by atoms with E-state index in [1.165, 1.54) is 6.42 Å². The van der Waals surface area contributed by atoms with Crippen LogP contribution in [0.5, 0.6) is 0 Å². The van der Waals surface area contributed by atoms with Crippen LogP contribution in [0.1, 0.15) is 64.6 Å². The summed E-state index contributed by atoms with van der Waals surface area (Å²) in [4.78, 5) is 12.6. The zero-order chi connectivity index (χ0) is 14.7. The SMILES string of the molecule is CCCn1c(=O)c(C2=CCCCC2)nn(C(C)C)c1=S. The summed E-state index contributed by atoms with van der Waals surface area (Å²) in [6.45, 7) is 6.80. The third-order valence-corrected chi connectivity index (χ3v) is 4.02. The summed E-state index contributed by atoms with van der Waals surface area (Å²) in [6, 6.07) is 0.161. The molecule has 2 rings (SSSR count). The maximum atomic E-state index is 12.6. The summed E-state index contributed by atoms with van der Waals surface area (Å²) in [5.41, 5.74) is 1.66. The molecule has 1 heterocycles. The maximum absolute atomic E-state index is 12.6. The highest BCUT2D eigenvalue weighted by Gasteiger charge is 2.17. The molecule has 0 aliphatic heterocycles. The van der Waals surface area contributed by atoms with Gasteiger partial charge in [-0.25, -0.2) is 4.68 Å². The van der Waals surface area contributed by atoms with Crippen molar-refractivity contribution in [3.8, 4) is 0 Å². The van der Waals surface area contributed by atoms with Crippen LogP contribution >= 0.6 is 12.2 Å². The van der Waals surface area contributed by atoms with Crippen molar-refractivity contribution in [3.05, 3.63) is 26.9 Å². The third-order valence-electron chi connectivity index (χ3n) is 3.61. The summed E-state index contributed by atoms with van der Waals surface area (Å²) in [5, 5.41) is 4.55. The number of aromatic nitrogens is 3. The molecule has 0 bridgehead atoms. The molecular weight excluding hydrogens is 270 g/mol. The highest BCUT2D eigenvalue weighted by molar-refractivity contribution is 7.71. The van der Waals surface area contributed by atoms with Crippen molar-refractivity contribution in [3.63, 3.8) is 0 Å². The van der Waals surface area contributed by atoms with Gasteiger partial charge < -0.3 is 0 Å². The molecule has 20 heavy (non-hydrogen) atoms. The Morgan fingerprint density at radius 3 is 2.70 bits per heavy atom.